The lowest BCUT2D eigenvalue weighted by Gasteiger charge is -2.43. The Morgan fingerprint density at radius 2 is 1.93 bits per heavy atom. The Morgan fingerprint density at radius 1 is 1.20 bits per heavy atom. The average molecular weight is 429 g/mol. The Kier molecular flexibility index (Phi) is 5.13. The van der Waals surface area contributed by atoms with Gasteiger partial charge in [-0.15, -0.1) is 11.8 Å². The van der Waals surface area contributed by atoms with Gasteiger partial charge in [-0.05, 0) is 37.6 Å². The maximum atomic E-state index is 13.3. The first-order chi connectivity index (χ1) is 14.3. The van der Waals surface area contributed by atoms with E-state index in [9.17, 15) is 14.4 Å². The quantitative estimate of drug-likeness (QED) is 0.582. The van der Waals surface area contributed by atoms with Crippen LogP contribution in [0.2, 0.25) is 0 Å². The molecule has 2 amide bonds. The lowest BCUT2D eigenvalue weighted by Crippen LogP contribution is -2.70. The van der Waals surface area contributed by atoms with E-state index in [4.69, 9.17) is 9.47 Å². The van der Waals surface area contributed by atoms with Crippen LogP contribution in [0.5, 0.6) is 5.75 Å². The number of nitrogens with zero attached hydrogens (tertiary/aromatic N) is 1. The molecule has 0 radical (unpaired) electrons. The second kappa shape index (κ2) is 7.50. The highest BCUT2D eigenvalue weighted by molar-refractivity contribution is 8.01. The Bertz CT molecular complexity index is 1040. The SMILES string of the molecule is CCOc1ccc2ccccc2c1C(=O)N[C@@H]1C(=O)N2[C@@H]1SC(C)(C)[C@@H]2C(=O)OC. The highest BCUT2D eigenvalue weighted by Crippen LogP contribution is 2.51. The van der Waals surface area contributed by atoms with Crippen molar-refractivity contribution in [2.45, 2.75) is 43.0 Å². The third kappa shape index (κ3) is 3.10. The fourth-order valence-corrected chi connectivity index (χ4v) is 5.83. The van der Waals surface area contributed by atoms with Crippen molar-refractivity contribution in [1.82, 2.24) is 10.2 Å². The number of carbonyl (C=O) groups is 3. The molecule has 0 bridgehead atoms. The summed E-state index contributed by atoms with van der Waals surface area (Å²) in [5, 5.41) is 4.24. The molecule has 0 spiro atoms. The number of hydrogen-bond donors (Lipinski definition) is 1. The van der Waals surface area contributed by atoms with Gasteiger partial charge in [0.15, 0.2) is 0 Å². The zero-order valence-corrected chi connectivity index (χ0v) is 18.1. The number of nitrogens with one attached hydrogen (secondary N) is 1. The number of hydrogen-bond acceptors (Lipinski definition) is 6. The molecule has 2 heterocycles. The molecule has 7 nitrogen and oxygen atoms in total. The van der Waals surface area contributed by atoms with Crippen molar-refractivity contribution >= 4 is 40.3 Å². The van der Waals surface area contributed by atoms with Crippen LogP contribution in [0.15, 0.2) is 36.4 Å². The smallest absolute Gasteiger partial charge is 0.330 e. The number of carbonyl (C=O) groups excluding carboxylic acids is 3. The molecule has 2 aromatic rings. The summed E-state index contributed by atoms with van der Waals surface area (Å²) >= 11 is 1.49. The maximum Gasteiger partial charge on any atom is 0.330 e. The van der Waals surface area contributed by atoms with Gasteiger partial charge in [-0.3, -0.25) is 9.59 Å². The van der Waals surface area contributed by atoms with Gasteiger partial charge in [-0.1, -0.05) is 30.3 Å². The van der Waals surface area contributed by atoms with E-state index in [1.54, 1.807) is 6.07 Å². The van der Waals surface area contributed by atoms with Crippen molar-refractivity contribution < 1.29 is 23.9 Å². The number of fused-ring (bicyclic) bond motifs is 2. The number of benzene rings is 2. The summed E-state index contributed by atoms with van der Waals surface area (Å²) in [6.07, 6.45) is 0. The standard InChI is InChI=1S/C22H24N2O5S/c1-5-29-14-11-10-12-8-6-7-9-13(12)15(14)18(25)23-16-19(26)24-17(21(27)28-4)22(2,3)30-20(16)24/h6-11,16-17,20H,5H2,1-4H3,(H,23,25)/t16-,17+,20-/m1/s1. The Labute approximate surface area is 179 Å². The predicted molar refractivity (Wildman–Crippen MR) is 114 cm³/mol. The van der Waals surface area contributed by atoms with Crippen LogP contribution in [0, 0.1) is 0 Å². The molecule has 0 saturated carbocycles. The molecule has 1 N–H and O–H groups in total. The Hall–Kier alpha value is -2.74. The van der Waals surface area contributed by atoms with E-state index >= 15 is 0 Å². The van der Waals surface area contributed by atoms with E-state index in [2.05, 4.69) is 5.32 Å². The highest BCUT2D eigenvalue weighted by atomic mass is 32.2. The molecule has 2 aromatic carbocycles. The van der Waals surface area contributed by atoms with E-state index < -0.39 is 22.8 Å². The summed E-state index contributed by atoms with van der Waals surface area (Å²) in [4.78, 5) is 39.9. The first-order valence-corrected chi connectivity index (χ1v) is 10.7. The minimum Gasteiger partial charge on any atom is -0.493 e. The van der Waals surface area contributed by atoms with Gasteiger partial charge >= 0.3 is 5.97 Å². The first kappa shape index (κ1) is 20.5. The maximum absolute atomic E-state index is 13.3. The number of ether oxygens (including phenoxy) is 2. The first-order valence-electron chi connectivity index (χ1n) is 9.83. The summed E-state index contributed by atoms with van der Waals surface area (Å²) in [7, 11) is 1.32. The molecular weight excluding hydrogens is 404 g/mol. The topological polar surface area (TPSA) is 84.9 Å². The second-order valence-electron chi connectivity index (χ2n) is 7.83. The van der Waals surface area contributed by atoms with E-state index in [1.165, 1.54) is 23.8 Å². The van der Waals surface area contributed by atoms with E-state index in [1.807, 2.05) is 51.1 Å². The molecule has 0 aromatic heterocycles. The minimum absolute atomic E-state index is 0.278. The molecule has 2 saturated heterocycles. The largest absolute Gasteiger partial charge is 0.493 e. The van der Waals surface area contributed by atoms with Crippen molar-refractivity contribution in [3.05, 3.63) is 42.0 Å². The molecule has 3 atom stereocenters. The molecule has 0 aliphatic carbocycles. The van der Waals surface area contributed by atoms with Crippen LogP contribution >= 0.6 is 11.8 Å². The molecule has 0 unspecified atom stereocenters. The lowest BCUT2D eigenvalue weighted by atomic mass is 9.95. The number of β-lactam (4-membered cyclic amide) rings is 1. The average Bonchev–Trinajstić information content (AvgIpc) is 2.99. The van der Waals surface area contributed by atoms with Crippen LogP contribution in [-0.4, -0.2) is 58.6 Å². The summed E-state index contributed by atoms with van der Waals surface area (Å²) < 4.78 is 10.1. The van der Waals surface area contributed by atoms with Crippen molar-refractivity contribution in [3.8, 4) is 5.75 Å². The molecular formula is C22H24N2O5S. The van der Waals surface area contributed by atoms with Gasteiger partial charge in [0, 0.05) is 4.75 Å². The summed E-state index contributed by atoms with van der Waals surface area (Å²) in [5.74, 6) is -0.613. The third-order valence-corrected chi connectivity index (χ3v) is 7.14. The minimum atomic E-state index is -0.704. The van der Waals surface area contributed by atoms with Crippen LogP contribution in [0.4, 0.5) is 0 Å². The van der Waals surface area contributed by atoms with E-state index in [-0.39, 0.29) is 17.2 Å². The number of thioether (sulfide) groups is 1. The van der Waals surface area contributed by atoms with Gasteiger partial charge in [0.1, 0.15) is 23.2 Å². The van der Waals surface area contributed by atoms with Crippen LogP contribution in [0.1, 0.15) is 31.1 Å². The molecule has 30 heavy (non-hydrogen) atoms. The molecule has 2 aliphatic heterocycles. The molecule has 4 rings (SSSR count). The predicted octanol–water partition coefficient (Wildman–Crippen LogP) is 2.57. The number of rotatable bonds is 5. The fraction of sp³-hybridized carbons (Fsp3) is 0.409. The number of esters is 1. The number of amides is 2. The van der Waals surface area contributed by atoms with Crippen LogP contribution < -0.4 is 10.1 Å². The van der Waals surface area contributed by atoms with Crippen LogP contribution in [0.25, 0.3) is 10.8 Å². The molecule has 8 heteroatoms. The normalized spacial score (nSPS) is 24.2. The van der Waals surface area contributed by atoms with Crippen molar-refractivity contribution in [1.29, 1.82) is 0 Å². The van der Waals surface area contributed by atoms with Gasteiger partial charge in [-0.2, -0.15) is 0 Å². The van der Waals surface area contributed by atoms with Gasteiger partial charge < -0.3 is 19.7 Å². The van der Waals surface area contributed by atoms with Gasteiger partial charge in [0.05, 0.1) is 19.3 Å². The fourth-order valence-electron chi connectivity index (χ4n) is 4.21. The van der Waals surface area contributed by atoms with E-state index in [0.29, 0.717) is 17.9 Å². The van der Waals surface area contributed by atoms with Crippen molar-refractivity contribution in [2.24, 2.45) is 0 Å². The third-order valence-electron chi connectivity index (χ3n) is 5.57. The van der Waals surface area contributed by atoms with Crippen molar-refractivity contribution in [2.75, 3.05) is 13.7 Å². The zero-order chi connectivity index (χ0) is 21.6. The van der Waals surface area contributed by atoms with Gasteiger partial charge in [-0.25, -0.2) is 4.79 Å². The van der Waals surface area contributed by atoms with Crippen LogP contribution in [0.3, 0.4) is 0 Å². The van der Waals surface area contributed by atoms with Gasteiger partial charge in [0.25, 0.3) is 5.91 Å². The molecule has 158 valence electrons. The highest BCUT2D eigenvalue weighted by Gasteiger charge is 2.64. The van der Waals surface area contributed by atoms with E-state index in [0.717, 1.165) is 10.8 Å². The summed E-state index contributed by atoms with van der Waals surface area (Å²) in [5.41, 5.74) is 0.410. The monoisotopic (exact) mass is 428 g/mol. The van der Waals surface area contributed by atoms with Crippen molar-refractivity contribution in [3.63, 3.8) is 0 Å². The summed E-state index contributed by atoms with van der Waals surface area (Å²) in [6, 6.07) is 9.86. The summed E-state index contributed by atoms with van der Waals surface area (Å²) in [6.45, 7) is 6.08. The second-order valence-corrected chi connectivity index (χ2v) is 9.60. The molecule has 2 fully saturated rings. The van der Waals surface area contributed by atoms with Gasteiger partial charge in [0.2, 0.25) is 5.91 Å². The molecule has 2 aliphatic rings. The zero-order valence-electron chi connectivity index (χ0n) is 17.3. The number of methoxy groups -OCH3 is 1. The Balaban J connectivity index is 1.63. The Morgan fingerprint density at radius 3 is 2.63 bits per heavy atom. The lowest BCUT2D eigenvalue weighted by molar-refractivity contribution is -0.161. The van der Waals surface area contributed by atoms with Crippen LogP contribution in [-0.2, 0) is 14.3 Å².